The molecule has 192 valence electrons. The third-order valence-electron chi connectivity index (χ3n) is 5.97. The molecule has 3 atom stereocenters. The fraction of sp³-hybridized carbons (Fsp3) is 0.292. The predicted molar refractivity (Wildman–Crippen MR) is 133 cm³/mol. The Morgan fingerprint density at radius 3 is 2.95 bits per heavy atom. The summed E-state index contributed by atoms with van der Waals surface area (Å²) in [4.78, 5) is 47.5. The number of benzene rings is 1. The van der Waals surface area contributed by atoms with Crippen LogP contribution in [0.25, 0.3) is 11.0 Å². The van der Waals surface area contributed by atoms with Crippen molar-refractivity contribution in [3.05, 3.63) is 48.2 Å². The van der Waals surface area contributed by atoms with E-state index in [0.29, 0.717) is 34.0 Å². The van der Waals surface area contributed by atoms with Gasteiger partial charge in [-0.15, -0.1) is 11.8 Å². The Balaban J connectivity index is 1.22. The van der Waals surface area contributed by atoms with E-state index in [1.54, 1.807) is 24.3 Å². The molecule has 3 aromatic rings. The fourth-order valence-electron chi connectivity index (χ4n) is 4.09. The second kappa shape index (κ2) is 10.2. The standard InChI is InChI=1S/C24H23N5O7S/c1-35-19-5-3-15-20(28-19)14(6-7-25-15)21(31)22(32)23(33)26-9-13-10-29(24(34)36-13)12-2-4-17-16(8-12)27-18(30)11-37-17/h2-8,13,21-22,31-32H,9-11H2,1H3,(H,26,33)(H,27,30)/t13-,21+,22-/m1/s1. The second-order valence-corrected chi connectivity index (χ2v) is 9.41. The number of anilines is 2. The molecule has 2 aliphatic rings. The number of aliphatic hydroxyl groups is 2. The molecule has 3 amide bonds. The van der Waals surface area contributed by atoms with Gasteiger partial charge in [-0.3, -0.25) is 19.5 Å². The third-order valence-corrected chi connectivity index (χ3v) is 7.04. The van der Waals surface area contributed by atoms with Crippen molar-refractivity contribution >= 4 is 52.1 Å². The zero-order valence-corrected chi connectivity index (χ0v) is 20.4. The van der Waals surface area contributed by atoms with Gasteiger partial charge in [0.15, 0.2) is 6.10 Å². The number of methoxy groups -OCH3 is 1. The van der Waals surface area contributed by atoms with Gasteiger partial charge in [-0.1, -0.05) is 0 Å². The van der Waals surface area contributed by atoms with E-state index in [1.165, 1.54) is 36.0 Å². The molecule has 4 heterocycles. The number of aliphatic hydroxyl groups excluding tert-OH is 2. The van der Waals surface area contributed by atoms with Crippen LogP contribution < -0.4 is 20.3 Å². The van der Waals surface area contributed by atoms with Gasteiger partial charge >= 0.3 is 6.09 Å². The number of aromatic nitrogens is 2. The monoisotopic (exact) mass is 525 g/mol. The molecule has 1 saturated heterocycles. The number of carbonyl (C=O) groups is 3. The largest absolute Gasteiger partial charge is 0.481 e. The molecule has 1 fully saturated rings. The SMILES string of the molecule is COc1ccc2nccc([C@H](O)[C@@H](O)C(=O)NC[C@@H]3CN(c4ccc5c(c4)NC(=O)CS5)C(=O)O3)c2n1. The first kappa shape index (κ1) is 24.7. The number of ether oxygens (including phenoxy) is 2. The Hall–Kier alpha value is -3.94. The van der Waals surface area contributed by atoms with Crippen LogP contribution in [0.2, 0.25) is 0 Å². The lowest BCUT2D eigenvalue weighted by Crippen LogP contribution is -2.42. The molecule has 2 aromatic heterocycles. The molecule has 5 rings (SSSR count). The van der Waals surface area contributed by atoms with Gasteiger partial charge in [0, 0.05) is 28.4 Å². The molecule has 0 unspecified atom stereocenters. The van der Waals surface area contributed by atoms with E-state index in [1.807, 2.05) is 6.07 Å². The first-order valence-electron chi connectivity index (χ1n) is 11.3. The third kappa shape index (κ3) is 5.01. The van der Waals surface area contributed by atoms with Crippen LogP contribution in [0.15, 0.2) is 47.5 Å². The maximum atomic E-state index is 12.6. The summed E-state index contributed by atoms with van der Waals surface area (Å²) in [5, 5.41) is 26.5. The molecule has 1 aromatic carbocycles. The molecule has 0 saturated carbocycles. The van der Waals surface area contributed by atoms with Crippen molar-refractivity contribution < 1.29 is 34.1 Å². The molecular weight excluding hydrogens is 502 g/mol. The predicted octanol–water partition coefficient (Wildman–Crippen LogP) is 1.22. The van der Waals surface area contributed by atoms with Gasteiger partial charge in [0.2, 0.25) is 11.8 Å². The molecule has 0 radical (unpaired) electrons. The lowest BCUT2D eigenvalue weighted by molar-refractivity contribution is -0.135. The van der Waals surface area contributed by atoms with Gasteiger partial charge in [-0.05, 0) is 30.3 Å². The Labute approximate surface area is 215 Å². The van der Waals surface area contributed by atoms with Crippen LogP contribution in [-0.2, 0) is 14.3 Å². The Bertz CT molecular complexity index is 1390. The Kier molecular flexibility index (Phi) is 6.82. The van der Waals surface area contributed by atoms with Crippen molar-refractivity contribution in [2.45, 2.75) is 23.2 Å². The Morgan fingerprint density at radius 2 is 2.14 bits per heavy atom. The van der Waals surface area contributed by atoms with Crippen LogP contribution >= 0.6 is 11.8 Å². The van der Waals surface area contributed by atoms with Gasteiger partial charge in [-0.2, -0.15) is 0 Å². The van der Waals surface area contributed by atoms with Crippen LogP contribution in [0.4, 0.5) is 16.2 Å². The molecule has 0 bridgehead atoms. The minimum Gasteiger partial charge on any atom is -0.481 e. The zero-order chi connectivity index (χ0) is 26.1. The molecule has 0 spiro atoms. The normalized spacial score (nSPS) is 18.6. The first-order valence-corrected chi connectivity index (χ1v) is 12.3. The van der Waals surface area contributed by atoms with Gasteiger partial charge in [0.05, 0.1) is 42.7 Å². The van der Waals surface area contributed by atoms with Crippen LogP contribution in [0.3, 0.4) is 0 Å². The quantitative estimate of drug-likeness (QED) is 0.353. The van der Waals surface area contributed by atoms with Crippen molar-refractivity contribution in [2.24, 2.45) is 0 Å². The highest BCUT2D eigenvalue weighted by molar-refractivity contribution is 8.00. The van der Waals surface area contributed by atoms with Crippen LogP contribution in [-0.4, -0.2) is 76.2 Å². The number of amides is 3. The smallest absolute Gasteiger partial charge is 0.414 e. The van der Waals surface area contributed by atoms with E-state index >= 15 is 0 Å². The lowest BCUT2D eigenvalue weighted by atomic mass is 10.0. The molecule has 37 heavy (non-hydrogen) atoms. The van der Waals surface area contributed by atoms with E-state index in [9.17, 15) is 24.6 Å². The Morgan fingerprint density at radius 1 is 1.30 bits per heavy atom. The van der Waals surface area contributed by atoms with Gasteiger partial charge < -0.3 is 30.3 Å². The number of thioether (sulfide) groups is 1. The van der Waals surface area contributed by atoms with Crippen molar-refractivity contribution in [3.8, 4) is 5.88 Å². The van der Waals surface area contributed by atoms with E-state index < -0.39 is 30.3 Å². The van der Waals surface area contributed by atoms with E-state index in [4.69, 9.17) is 9.47 Å². The summed E-state index contributed by atoms with van der Waals surface area (Å²) in [6.07, 6.45) is -3.24. The lowest BCUT2D eigenvalue weighted by Gasteiger charge is -2.20. The first-order chi connectivity index (χ1) is 17.8. The van der Waals surface area contributed by atoms with Crippen molar-refractivity contribution in [2.75, 3.05) is 36.2 Å². The number of nitrogens with zero attached hydrogens (tertiary/aromatic N) is 3. The van der Waals surface area contributed by atoms with Crippen LogP contribution in [0, 0.1) is 0 Å². The highest BCUT2D eigenvalue weighted by atomic mass is 32.2. The zero-order valence-electron chi connectivity index (χ0n) is 19.6. The van der Waals surface area contributed by atoms with E-state index in [0.717, 1.165) is 4.90 Å². The molecule has 13 heteroatoms. The average Bonchev–Trinajstić information content (AvgIpc) is 3.29. The van der Waals surface area contributed by atoms with Crippen molar-refractivity contribution in [1.29, 1.82) is 0 Å². The second-order valence-electron chi connectivity index (χ2n) is 8.39. The number of carbonyl (C=O) groups excluding carboxylic acids is 3. The van der Waals surface area contributed by atoms with Gasteiger partial charge in [-0.25, -0.2) is 9.78 Å². The minimum atomic E-state index is -1.81. The number of hydrogen-bond acceptors (Lipinski definition) is 10. The molecular formula is C24H23N5O7S. The highest BCUT2D eigenvalue weighted by Gasteiger charge is 2.34. The highest BCUT2D eigenvalue weighted by Crippen LogP contribution is 2.35. The minimum absolute atomic E-state index is 0.0778. The average molecular weight is 526 g/mol. The van der Waals surface area contributed by atoms with Crippen LogP contribution in [0.1, 0.15) is 11.7 Å². The molecule has 2 aliphatic heterocycles. The molecule has 4 N–H and O–H groups in total. The van der Waals surface area contributed by atoms with E-state index in [-0.39, 0.29) is 24.6 Å². The number of rotatable bonds is 7. The van der Waals surface area contributed by atoms with E-state index in [2.05, 4.69) is 20.6 Å². The van der Waals surface area contributed by atoms with Crippen molar-refractivity contribution in [3.63, 3.8) is 0 Å². The number of nitrogens with one attached hydrogen (secondary N) is 2. The summed E-state index contributed by atoms with van der Waals surface area (Å²) in [5.41, 5.74) is 2.13. The van der Waals surface area contributed by atoms with Gasteiger partial charge in [0.1, 0.15) is 12.2 Å². The fourth-order valence-corrected chi connectivity index (χ4v) is 4.88. The number of hydrogen-bond donors (Lipinski definition) is 4. The van der Waals surface area contributed by atoms with Gasteiger partial charge in [0.25, 0.3) is 5.91 Å². The summed E-state index contributed by atoms with van der Waals surface area (Å²) in [7, 11) is 1.45. The number of cyclic esters (lactones) is 1. The maximum absolute atomic E-state index is 12.6. The van der Waals surface area contributed by atoms with Crippen molar-refractivity contribution in [1.82, 2.24) is 15.3 Å². The van der Waals surface area contributed by atoms with Crippen LogP contribution in [0.5, 0.6) is 5.88 Å². The summed E-state index contributed by atoms with van der Waals surface area (Å²) >= 11 is 1.41. The topological polar surface area (TPSA) is 163 Å². The maximum Gasteiger partial charge on any atom is 0.414 e. The summed E-state index contributed by atoms with van der Waals surface area (Å²) in [6.45, 7) is 0.0713. The molecule has 0 aliphatic carbocycles. The molecule has 12 nitrogen and oxygen atoms in total. The number of fused-ring (bicyclic) bond motifs is 2. The number of pyridine rings is 2. The summed E-state index contributed by atoms with van der Waals surface area (Å²) in [6, 6.07) is 10.0. The summed E-state index contributed by atoms with van der Waals surface area (Å²) < 4.78 is 10.5. The summed E-state index contributed by atoms with van der Waals surface area (Å²) in [5.74, 6) is -0.332.